The molecule has 0 amide bonds. The second-order valence-electron chi connectivity index (χ2n) is 6.44. The molecule has 1 atom stereocenters. The molecule has 0 radical (unpaired) electrons. The number of rotatable bonds is 6. The Kier molecular flexibility index (Phi) is 5.77. The number of ether oxygens (including phenoxy) is 1. The molecule has 1 aliphatic carbocycles. The average Bonchev–Trinajstić information content (AvgIpc) is 2.48. The zero-order valence-electron chi connectivity index (χ0n) is 13.7. The van der Waals surface area contributed by atoms with Crippen molar-refractivity contribution in [1.82, 2.24) is 0 Å². The van der Waals surface area contributed by atoms with Gasteiger partial charge in [-0.3, -0.25) is 0 Å². The van der Waals surface area contributed by atoms with Gasteiger partial charge in [0.2, 0.25) is 0 Å². The summed E-state index contributed by atoms with van der Waals surface area (Å²) in [5, 5.41) is 3.68. The lowest BCUT2D eigenvalue weighted by Gasteiger charge is -2.31. The molecule has 118 valence electrons. The third-order valence-electron chi connectivity index (χ3n) is 4.43. The quantitative estimate of drug-likeness (QED) is 0.738. The van der Waals surface area contributed by atoms with Crippen molar-refractivity contribution < 1.29 is 4.74 Å². The van der Waals surface area contributed by atoms with Crippen molar-refractivity contribution >= 4 is 11.4 Å². The topological polar surface area (TPSA) is 47.3 Å². The maximum absolute atomic E-state index is 6.28. The number of nitrogen functional groups attached to an aromatic ring is 1. The van der Waals surface area contributed by atoms with Gasteiger partial charge in [0.25, 0.3) is 0 Å². The maximum atomic E-state index is 6.28. The molecule has 2 rings (SSSR count). The van der Waals surface area contributed by atoms with E-state index >= 15 is 0 Å². The highest BCUT2D eigenvalue weighted by atomic mass is 16.5. The molecular weight excluding hydrogens is 260 g/mol. The van der Waals surface area contributed by atoms with Gasteiger partial charge in [-0.15, -0.1) is 0 Å². The van der Waals surface area contributed by atoms with Crippen molar-refractivity contribution in [2.45, 2.75) is 71.4 Å². The van der Waals surface area contributed by atoms with E-state index in [4.69, 9.17) is 10.5 Å². The lowest BCUT2D eigenvalue weighted by molar-refractivity contribution is 0.244. The van der Waals surface area contributed by atoms with E-state index in [0.29, 0.717) is 6.04 Å². The third-order valence-corrected chi connectivity index (χ3v) is 4.43. The molecule has 0 aliphatic heterocycles. The summed E-state index contributed by atoms with van der Waals surface area (Å²) in [5.41, 5.74) is 8.03. The Morgan fingerprint density at radius 1 is 1.24 bits per heavy atom. The average molecular weight is 290 g/mol. The van der Waals surface area contributed by atoms with Crippen LogP contribution in [0.4, 0.5) is 11.4 Å². The minimum atomic E-state index is 0.142. The molecule has 3 heteroatoms. The van der Waals surface area contributed by atoms with E-state index in [0.717, 1.165) is 29.5 Å². The van der Waals surface area contributed by atoms with E-state index in [9.17, 15) is 0 Å². The molecule has 3 N–H and O–H groups in total. The Morgan fingerprint density at radius 2 is 1.95 bits per heavy atom. The number of hydrogen-bond donors (Lipinski definition) is 2. The third kappa shape index (κ3) is 4.29. The van der Waals surface area contributed by atoms with Crippen molar-refractivity contribution in [2.24, 2.45) is 5.92 Å². The molecular formula is C18H30N2O. The van der Waals surface area contributed by atoms with Crippen molar-refractivity contribution in [3.05, 3.63) is 18.2 Å². The number of nitrogens with one attached hydrogen (secondary N) is 1. The Morgan fingerprint density at radius 3 is 2.57 bits per heavy atom. The highest BCUT2D eigenvalue weighted by Gasteiger charge is 2.23. The minimum absolute atomic E-state index is 0.142. The van der Waals surface area contributed by atoms with Gasteiger partial charge in [-0.25, -0.2) is 0 Å². The second-order valence-corrected chi connectivity index (χ2v) is 6.44. The normalized spacial score (nSPS) is 17.7. The highest BCUT2D eigenvalue weighted by molar-refractivity contribution is 5.73. The van der Waals surface area contributed by atoms with Crippen molar-refractivity contribution in [3.63, 3.8) is 0 Å². The number of para-hydroxylation sites is 1. The van der Waals surface area contributed by atoms with Crippen LogP contribution >= 0.6 is 0 Å². The standard InChI is InChI=1S/C18H30N2O/c1-4-15(14-9-6-5-7-10-14)20-16-11-8-12-17(18(16)19)21-13(2)3/h8,11-15,20H,4-7,9-10,19H2,1-3H3. The Labute approximate surface area is 129 Å². The summed E-state index contributed by atoms with van der Waals surface area (Å²) in [7, 11) is 0. The zero-order valence-corrected chi connectivity index (χ0v) is 13.7. The molecule has 1 aliphatic rings. The summed E-state index contributed by atoms with van der Waals surface area (Å²) in [5.74, 6) is 1.56. The van der Waals surface area contributed by atoms with Gasteiger partial charge in [0.05, 0.1) is 17.5 Å². The lowest BCUT2D eigenvalue weighted by atomic mass is 9.83. The van der Waals surface area contributed by atoms with E-state index in [2.05, 4.69) is 18.3 Å². The first kappa shape index (κ1) is 16.0. The Bertz CT molecular complexity index is 439. The van der Waals surface area contributed by atoms with Gasteiger partial charge < -0.3 is 15.8 Å². The van der Waals surface area contributed by atoms with E-state index < -0.39 is 0 Å². The minimum Gasteiger partial charge on any atom is -0.489 e. The number of nitrogens with two attached hydrogens (primary N) is 1. The first-order chi connectivity index (χ1) is 10.1. The van der Waals surface area contributed by atoms with Crippen molar-refractivity contribution in [2.75, 3.05) is 11.1 Å². The number of benzene rings is 1. The first-order valence-electron chi connectivity index (χ1n) is 8.43. The smallest absolute Gasteiger partial charge is 0.144 e. The Balaban J connectivity index is 2.09. The van der Waals surface area contributed by atoms with Crippen LogP contribution in [-0.4, -0.2) is 12.1 Å². The van der Waals surface area contributed by atoms with Gasteiger partial charge in [0, 0.05) is 6.04 Å². The van der Waals surface area contributed by atoms with E-state index in [-0.39, 0.29) is 6.10 Å². The molecule has 0 spiro atoms. The molecule has 0 bridgehead atoms. The van der Waals surface area contributed by atoms with Crippen LogP contribution < -0.4 is 15.8 Å². The predicted octanol–water partition coefficient (Wildman–Crippen LogP) is 4.83. The summed E-state index contributed by atoms with van der Waals surface area (Å²) in [6.45, 7) is 6.31. The van der Waals surface area contributed by atoms with Crippen LogP contribution in [0, 0.1) is 5.92 Å². The van der Waals surface area contributed by atoms with Crippen LogP contribution in [0.3, 0.4) is 0 Å². The first-order valence-corrected chi connectivity index (χ1v) is 8.43. The van der Waals surface area contributed by atoms with Crippen molar-refractivity contribution in [3.8, 4) is 5.75 Å². The SMILES string of the molecule is CCC(Nc1cccc(OC(C)C)c1N)C1CCCCC1. The molecule has 1 aromatic rings. The lowest BCUT2D eigenvalue weighted by Crippen LogP contribution is -2.30. The van der Waals surface area contributed by atoms with Gasteiger partial charge in [-0.05, 0) is 51.2 Å². The summed E-state index contributed by atoms with van der Waals surface area (Å²) in [4.78, 5) is 0. The predicted molar refractivity (Wildman–Crippen MR) is 90.9 cm³/mol. The molecule has 0 aromatic heterocycles. The van der Waals surface area contributed by atoms with Gasteiger partial charge in [-0.1, -0.05) is 32.3 Å². The monoisotopic (exact) mass is 290 g/mol. The van der Waals surface area contributed by atoms with Gasteiger partial charge >= 0.3 is 0 Å². The molecule has 1 fully saturated rings. The molecule has 1 aromatic carbocycles. The van der Waals surface area contributed by atoms with Gasteiger partial charge in [-0.2, -0.15) is 0 Å². The van der Waals surface area contributed by atoms with Crippen LogP contribution in [0.15, 0.2) is 18.2 Å². The van der Waals surface area contributed by atoms with Crippen LogP contribution in [0.1, 0.15) is 59.3 Å². The second kappa shape index (κ2) is 7.58. The van der Waals surface area contributed by atoms with Crippen LogP contribution in [0.5, 0.6) is 5.75 Å². The van der Waals surface area contributed by atoms with Crippen LogP contribution in [0.2, 0.25) is 0 Å². The molecule has 3 nitrogen and oxygen atoms in total. The number of hydrogen-bond acceptors (Lipinski definition) is 3. The fraction of sp³-hybridized carbons (Fsp3) is 0.667. The van der Waals surface area contributed by atoms with Crippen LogP contribution in [0.25, 0.3) is 0 Å². The van der Waals surface area contributed by atoms with Gasteiger partial charge in [0.1, 0.15) is 5.75 Å². The molecule has 0 heterocycles. The van der Waals surface area contributed by atoms with Crippen molar-refractivity contribution in [1.29, 1.82) is 0 Å². The Hall–Kier alpha value is -1.38. The fourth-order valence-electron chi connectivity index (χ4n) is 3.32. The molecule has 21 heavy (non-hydrogen) atoms. The molecule has 0 saturated heterocycles. The number of anilines is 2. The summed E-state index contributed by atoms with van der Waals surface area (Å²) >= 11 is 0. The fourth-order valence-corrected chi connectivity index (χ4v) is 3.32. The summed E-state index contributed by atoms with van der Waals surface area (Å²) in [6.07, 6.45) is 8.10. The maximum Gasteiger partial charge on any atom is 0.144 e. The largest absolute Gasteiger partial charge is 0.489 e. The van der Waals surface area contributed by atoms with E-state index in [1.807, 2.05) is 26.0 Å². The zero-order chi connectivity index (χ0) is 15.2. The van der Waals surface area contributed by atoms with E-state index in [1.54, 1.807) is 0 Å². The summed E-state index contributed by atoms with van der Waals surface area (Å²) < 4.78 is 5.78. The summed E-state index contributed by atoms with van der Waals surface area (Å²) in [6, 6.07) is 6.54. The highest BCUT2D eigenvalue weighted by Crippen LogP contribution is 2.34. The van der Waals surface area contributed by atoms with Gasteiger partial charge in [0.15, 0.2) is 0 Å². The van der Waals surface area contributed by atoms with Crippen LogP contribution in [-0.2, 0) is 0 Å². The molecule has 1 unspecified atom stereocenters. The van der Waals surface area contributed by atoms with E-state index in [1.165, 1.54) is 32.1 Å². The molecule has 1 saturated carbocycles.